The lowest BCUT2D eigenvalue weighted by atomic mass is 9.98. The van der Waals surface area contributed by atoms with Crippen molar-refractivity contribution < 1.29 is 9.00 Å². The summed E-state index contributed by atoms with van der Waals surface area (Å²) < 4.78 is 15.8. The molecule has 1 aliphatic carbocycles. The van der Waals surface area contributed by atoms with Crippen molar-refractivity contribution >= 4 is 40.0 Å². The van der Waals surface area contributed by atoms with E-state index in [4.69, 9.17) is 23.2 Å². The molecule has 0 amide bonds. The average molecular weight is 394 g/mol. The van der Waals surface area contributed by atoms with Gasteiger partial charge in [-0.25, -0.2) is 8.93 Å². The van der Waals surface area contributed by atoms with Crippen molar-refractivity contribution in [1.82, 2.24) is 4.72 Å². The Bertz CT molecular complexity index is 862. The van der Waals surface area contributed by atoms with Gasteiger partial charge in [0.05, 0.1) is 10.9 Å². The molecule has 2 atom stereocenters. The number of ketones is 1. The lowest BCUT2D eigenvalue weighted by Gasteiger charge is -2.21. The molecule has 0 bridgehead atoms. The Balaban J connectivity index is 1.95. The maximum Gasteiger partial charge on any atom is 0.160 e. The van der Waals surface area contributed by atoms with Crippen molar-refractivity contribution in [3.05, 3.63) is 75.3 Å². The van der Waals surface area contributed by atoms with Crippen LogP contribution in [0.5, 0.6) is 0 Å². The number of allylic oxidation sites excluding steroid dienone is 1. The van der Waals surface area contributed by atoms with Crippen molar-refractivity contribution in [2.75, 3.05) is 0 Å². The van der Waals surface area contributed by atoms with Gasteiger partial charge in [-0.3, -0.25) is 4.79 Å². The number of halogens is 2. The van der Waals surface area contributed by atoms with Crippen molar-refractivity contribution in [1.29, 1.82) is 0 Å². The molecule has 3 nitrogen and oxygen atoms in total. The van der Waals surface area contributed by atoms with Crippen molar-refractivity contribution in [2.45, 2.75) is 30.7 Å². The Morgan fingerprint density at radius 3 is 2.44 bits per heavy atom. The predicted molar refractivity (Wildman–Crippen MR) is 102 cm³/mol. The second-order valence-electron chi connectivity index (χ2n) is 5.92. The molecule has 0 radical (unpaired) electrons. The van der Waals surface area contributed by atoms with Gasteiger partial charge in [-0.05, 0) is 43.2 Å². The molecule has 0 saturated heterocycles. The number of aryl methyl sites for hydroxylation is 1. The minimum absolute atomic E-state index is 0.0458. The number of rotatable bonds is 5. The highest BCUT2D eigenvalue weighted by Gasteiger charge is 2.28. The summed E-state index contributed by atoms with van der Waals surface area (Å²) in [6.45, 7) is 1.97. The lowest BCUT2D eigenvalue weighted by Crippen LogP contribution is -2.27. The zero-order chi connectivity index (χ0) is 18.0. The third-order valence-corrected chi connectivity index (χ3v) is 5.81. The fraction of sp³-hybridized carbons (Fsp3) is 0.211. The van der Waals surface area contributed by atoms with Gasteiger partial charge in [0, 0.05) is 22.0 Å². The van der Waals surface area contributed by atoms with E-state index < -0.39 is 17.0 Å². The molecule has 1 aliphatic rings. The predicted octanol–water partition coefficient (Wildman–Crippen LogP) is 4.94. The van der Waals surface area contributed by atoms with Gasteiger partial charge in [0.15, 0.2) is 5.78 Å². The van der Waals surface area contributed by atoms with Gasteiger partial charge in [-0.15, -0.1) is 0 Å². The zero-order valence-corrected chi connectivity index (χ0v) is 15.9. The van der Waals surface area contributed by atoms with Gasteiger partial charge < -0.3 is 0 Å². The topological polar surface area (TPSA) is 46.2 Å². The SMILES string of the molecule is Cc1ccc(S(=O)N[C@@H](C2=CCCC2=O)c2ccc(Cl)cc2Cl)cc1. The minimum Gasteiger partial charge on any atom is -0.294 e. The minimum atomic E-state index is -1.48. The van der Waals surface area contributed by atoms with E-state index in [-0.39, 0.29) is 5.78 Å². The van der Waals surface area contributed by atoms with E-state index in [2.05, 4.69) is 4.72 Å². The first-order valence-electron chi connectivity index (χ1n) is 7.88. The summed E-state index contributed by atoms with van der Waals surface area (Å²) in [6, 6.07) is 12.0. The average Bonchev–Trinajstić information content (AvgIpc) is 2.99. The highest BCUT2D eigenvalue weighted by Crippen LogP contribution is 2.34. The molecule has 1 unspecified atom stereocenters. The van der Waals surface area contributed by atoms with E-state index in [1.54, 1.807) is 18.2 Å². The number of Topliss-reactive ketones (excluding diaryl/α,β-unsaturated/α-hetero) is 1. The number of hydrogen-bond acceptors (Lipinski definition) is 2. The van der Waals surface area contributed by atoms with Crippen LogP contribution in [0.4, 0.5) is 0 Å². The number of carbonyl (C=O) groups excluding carboxylic acids is 1. The van der Waals surface area contributed by atoms with E-state index in [9.17, 15) is 9.00 Å². The number of carbonyl (C=O) groups is 1. The third-order valence-electron chi connectivity index (χ3n) is 4.10. The second-order valence-corrected chi connectivity index (χ2v) is 8.01. The molecule has 1 N–H and O–H groups in total. The van der Waals surface area contributed by atoms with Crippen LogP contribution in [0.2, 0.25) is 10.0 Å². The van der Waals surface area contributed by atoms with Crippen LogP contribution >= 0.6 is 23.2 Å². The molecular formula is C19H17Cl2NO2S. The summed E-state index contributed by atoms with van der Waals surface area (Å²) in [5.41, 5.74) is 2.38. The lowest BCUT2D eigenvalue weighted by molar-refractivity contribution is -0.115. The van der Waals surface area contributed by atoms with Gasteiger partial charge >= 0.3 is 0 Å². The first kappa shape index (κ1) is 18.3. The molecule has 0 aromatic heterocycles. The maximum absolute atomic E-state index is 12.8. The van der Waals surface area contributed by atoms with Gasteiger partial charge in [0.1, 0.15) is 11.0 Å². The van der Waals surface area contributed by atoms with E-state index in [0.29, 0.717) is 38.9 Å². The molecule has 25 heavy (non-hydrogen) atoms. The van der Waals surface area contributed by atoms with E-state index in [1.165, 1.54) is 0 Å². The molecule has 2 aromatic carbocycles. The van der Waals surface area contributed by atoms with Gasteiger partial charge in [-0.2, -0.15) is 0 Å². The van der Waals surface area contributed by atoms with Crippen molar-refractivity contribution in [2.24, 2.45) is 0 Å². The Kier molecular flexibility index (Phi) is 5.74. The molecule has 2 aromatic rings. The Hall–Kier alpha value is -1.46. The number of hydrogen-bond donors (Lipinski definition) is 1. The van der Waals surface area contributed by atoms with Gasteiger partial charge in [-0.1, -0.05) is 53.0 Å². The first-order valence-corrected chi connectivity index (χ1v) is 9.79. The van der Waals surface area contributed by atoms with Gasteiger partial charge in [0.25, 0.3) is 0 Å². The normalized spacial score (nSPS) is 16.6. The van der Waals surface area contributed by atoms with Gasteiger partial charge in [0.2, 0.25) is 0 Å². The number of nitrogens with one attached hydrogen (secondary N) is 1. The van der Waals surface area contributed by atoms with E-state index >= 15 is 0 Å². The van der Waals surface area contributed by atoms with Crippen molar-refractivity contribution in [3.8, 4) is 0 Å². The second kappa shape index (κ2) is 7.83. The highest BCUT2D eigenvalue weighted by molar-refractivity contribution is 7.83. The van der Waals surface area contributed by atoms with Crippen LogP contribution in [0.1, 0.15) is 30.0 Å². The standard InChI is InChI=1S/C19H17Cl2NO2S/c1-12-5-8-14(9-6-12)25(24)22-19(16-3-2-4-18(16)23)15-10-7-13(20)11-17(15)21/h3,5-11,19,22H,2,4H2,1H3/t19-,25?/m1/s1. The Labute approximate surface area is 159 Å². The smallest absolute Gasteiger partial charge is 0.160 e. The summed E-state index contributed by atoms with van der Waals surface area (Å²) in [5, 5.41) is 0.949. The van der Waals surface area contributed by atoms with Crippen molar-refractivity contribution in [3.63, 3.8) is 0 Å². The fourth-order valence-corrected chi connectivity index (χ4v) is 4.27. The molecule has 130 valence electrons. The van der Waals surface area contributed by atoms with Crippen LogP contribution < -0.4 is 4.72 Å². The van der Waals surface area contributed by atoms with Crippen LogP contribution in [0.3, 0.4) is 0 Å². The number of benzene rings is 2. The Morgan fingerprint density at radius 1 is 1.12 bits per heavy atom. The molecule has 0 fully saturated rings. The molecule has 0 spiro atoms. The van der Waals surface area contributed by atoms with Crippen LogP contribution in [0.15, 0.2) is 59.0 Å². The molecule has 6 heteroatoms. The van der Waals surface area contributed by atoms with Crippen LogP contribution in [0.25, 0.3) is 0 Å². The zero-order valence-electron chi connectivity index (χ0n) is 13.6. The first-order chi connectivity index (χ1) is 12.0. The molecule has 0 heterocycles. The van der Waals surface area contributed by atoms with Crippen LogP contribution in [-0.2, 0) is 15.8 Å². The van der Waals surface area contributed by atoms with Crippen LogP contribution in [0, 0.1) is 6.92 Å². The Morgan fingerprint density at radius 2 is 1.84 bits per heavy atom. The van der Waals surface area contributed by atoms with E-state index in [1.807, 2.05) is 37.3 Å². The molecular weight excluding hydrogens is 377 g/mol. The third kappa shape index (κ3) is 4.21. The highest BCUT2D eigenvalue weighted by atomic mass is 35.5. The monoisotopic (exact) mass is 393 g/mol. The van der Waals surface area contributed by atoms with Crippen LogP contribution in [-0.4, -0.2) is 9.99 Å². The summed E-state index contributed by atoms with van der Waals surface area (Å²) in [4.78, 5) is 12.9. The summed E-state index contributed by atoms with van der Waals surface area (Å²) >= 11 is 12.3. The molecule has 3 rings (SSSR count). The maximum atomic E-state index is 12.8. The fourth-order valence-electron chi connectivity index (χ4n) is 2.76. The molecule has 0 aliphatic heterocycles. The summed E-state index contributed by atoms with van der Waals surface area (Å²) in [6.07, 6.45) is 3.04. The van der Waals surface area contributed by atoms with E-state index in [0.717, 1.165) is 5.56 Å². The molecule has 0 saturated carbocycles. The largest absolute Gasteiger partial charge is 0.294 e. The quantitative estimate of drug-likeness (QED) is 0.781. The summed E-state index contributed by atoms with van der Waals surface area (Å²) in [7, 11) is -1.48. The summed E-state index contributed by atoms with van der Waals surface area (Å²) in [5.74, 6) is 0.0458.